The maximum Gasteiger partial charge on any atom is 0.311 e. The van der Waals surface area contributed by atoms with Gasteiger partial charge in [-0.3, -0.25) is 4.79 Å². The van der Waals surface area contributed by atoms with Gasteiger partial charge in [0, 0.05) is 43.7 Å². The van der Waals surface area contributed by atoms with Gasteiger partial charge >= 0.3 is 5.97 Å². The van der Waals surface area contributed by atoms with E-state index < -0.39 is 5.41 Å². The van der Waals surface area contributed by atoms with Crippen molar-refractivity contribution in [1.82, 2.24) is 4.57 Å². The van der Waals surface area contributed by atoms with Crippen LogP contribution in [0.25, 0.3) is 10.9 Å². The fourth-order valence-corrected chi connectivity index (χ4v) is 5.41. The number of thioether (sulfide) groups is 1. The quantitative estimate of drug-likeness (QED) is 0.296. The SMILES string of the molecule is CCOC(=O)C(C)(C)Cc1c(SC(C)(C)C)c2cc(O)ccc2n1CC1=CCC=C(Br)C=C1. The van der Waals surface area contributed by atoms with Crippen molar-refractivity contribution >= 4 is 44.6 Å². The number of phenolic OH excluding ortho intramolecular Hbond substituents is 1. The molecule has 1 aromatic heterocycles. The van der Waals surface area contributed by atoms with E-state index in [0.717, 1.165) is 32.4 Å². The third-order valence-corrected chi connectivity index (χ3v) is 7.30. The van der Waals surface area contributed by atoms with Crippen LogP contribution in [-0.4, -0.2) is 27.0 Å². The summed E-state index contributed by atoms with van der Waals surface area (Å²) in [6, 6.07) is 5.56. The van der Waals surface area contributed by atoms with Crippen LogP contribution in [0.4, 0.5) is 0 Å². The summed E-state index contributed by atoms with van der Waals surface area (Å²) >= 11 is 5.35. The molecule has 0 fully saturated rings. The van der Waals surface area contributed by atoms with Crippen molar-refractivity contribution in [2.45, 2.75) is 70.6 Å². The van der Waals surface area contributed by atoms with Crippen molar-refractivity contribution in [3.8, 4) is 5.75 Å². The molecule has 1 aromatic carbocycles. The van der Waals surface area contributed by atoms with Crippen molar-refractivity contribution in [1.29, 1.82) is 0 Å². The van der Waals surface area contributed by atoms with Gasteiger partial charge in [0.2, 0.25) is 0 Å². The number of esters is 1. The molecule has 1 aliphatic rings. The van der Waals surface area contributed by atoms with Crippen LogP contribution in [0, 0.1) is 5.41 Å². The van der Waals surface area contributed by atoms with E-state index in [9.17, 15) is 9.90 Å². The zero-order valence-corrected chi connectivity index (χ0v) is 22.8. The van der Waals surface area contributed by atoms with Crippen LogP contribution in [0.1, 0.15) is 53.7 Å². The van der Waals surface area contributed by atoms with Crippen molar-refractivity contribution in [2.24, 2.45) is 5.41 Å². The molecule has 0 saturated heterocycles. The van der Waals surface area contributed by atoms with Gasteiger partial charge in [-0.25, -0.2) is 0 Å². The van der Waals surface area contributed by atoms with Gasteiger partial charge in [0.15, 0.2) is 0 Å². The Kier molecular flexibility index (Phi) is 7.90. The minimum atomic E-state index is -0.685. The number of allylic oxidation sites excluding steroid dienone is 6. The highest BCUT2D eigenvalue weighted by atomic mass is 79.9. The molecule has 0 aliphatic heterocycles. The monoisotopic (exact) mass is 531 g/mol. The molecule has 4 nitrogen and oxygen atoms in total. The lowest BCUT2D eigenvalue weighted by atomic mass is 9.87. The maximum atomic E-state index is 12.8. The Morgan fingerprint density at radius 2 is 1.91 bits per heavy atom. The van der Waals surface area contributed by atoms with E-state index in [1.807, 2.05) is 32.9 Å². The van der Waals surface area contributed by atoms with Gasteiger partial charge in [-0.2, -0.15) is 0 Å². The predicted molar refractivity (Wildman–Crippen MR) is 142 cm³/mol. The van der Waals surface area contributed by atoms with E-state index in [1.165, 1.54) is 5.57 Å². The van der Waals surface area contributed by atoms with E-state index in [1.54, 1.807) is 17.8 Å². The van der Waals surface area contributed by atoms with Gasteiger partial charge in [-0.15, -0.1) is 11.8 Å². The Labute approximate surface area is 209 Å². The molecule has 0 unspecified atom stereocenters. The van der Waals surface area contributed by atoms with Gasteiger partial charge in [0.1, 0.15) is 5.75 Å². The summed E-state index contributed by atoms with van der Waals surface area (Å²) < 4.78 is 8.74. The second-order valence-electron chi connectivity index (χ2n) is 10.00. The Balaban J connectivity index is 2.20. The number of carbonyl (C=O) groups is 1. The van der Waals surface area contributed by atoms with Gasteiger partial charge in [0.25, 0.3) is 0 Å². The lowest BCUT2D eigenvalue weighted by Crippen LogP contribution is -2.30. The van der Waals surface area contributed by atoms with Crippen molar-refractivity contribution in [3.63, 3.8) is 0 Å². The van der Waals surface area contributed by atoms with Crippen LogP contribution in [0.15, 0.2) is 57.5 Å². The topological polar surface area (TPSA) is 51.5 Å². The summed E-state index contributed by atoms with van der Waals surface area (Å²) in [7, 11) is 0. The van der Waals surface area contributed by atoms with E-state index in [4.69, 9.17) is 4.74 Å². The molecule has 1 aliphatic carbocycles. The molecule has 3 rings (SSSR count). The van der Waals surface area contributed by atoms with Gasteiger partial charge in [-0.1, -0.05) is 54.9 Å². The average molecular weight is 533 g/mol. The van der Waals surface area contributed by atoms with Crippen molar-refractivity contribution in [2.75, 3.05) is 6.61 Å². The fraction of sp³-hybridized carbons (Fsp3) is 0.444. The molecule has 0 saturated carbocycles. The largest absolute Gasteiger partial charge is 0.508 e. The molecule has 33 heavy (non-hydrogen) atoms. The third-order valence-electron chi connectivity index (χ3n) is 5.44. The first-order valence-corrected chi connectivity index (χ1v) is 13.0. The molecule has 2 aromatic rings. The van der Waals surface area contributed by atoms with Crippen LogP contribution in [-0.2, 0) is 22.5 Å². The molecular weight excluding hydrogens is 498 g/mol. The molecule has 1 heterocycles. The number of rotatable bonds is 7. The highest BCUT2D eigenvalue weighted by Crippen LogP contribution is 2.44. The standard InChI is InChI=1S/C27H34BrNO3S/c1-7-32-25(31)27(5,6)16-23-24(33-26(2,3)4)21-15-20(30)13-14-22(21)29(23)17-18-9-8-10-19(28)12-11-18/h9-15,30H,7-8,16-17H2,1-6H3. The predicted octanol–water partition coefficient (Wildman–Crippen LogP) is 7.53. The van der Waals surface area contributed by atoms with E-state index in [2.05, 4.69) is 65.6 Å². The Morgan fingerprint density at radius 1 is 1.18 bits per heavy atom. The van der Waals surface area contributed by atoms with Crippen LogP contribution in [0.2, 0.25) is 0 Å². The zero-order valence-electron chi connectivity index (χ0n) is 20.4. The third kappa shape index (κ3) is 6.36. The summed E-state index contributed by atoms with van der Waals surface area (Å²) in [5.74, 6) is 0.0476. The second-order valence-corrected chi connectivity index (χ2v) is 12.7. The second kappa shape index (κ2) is 10.1. The smallest absolute Gasteiger partial charge is 0.311 e. The summed E-state index contributed by atoms with van der Waals surface area (Å²) in [5, 5.41) is 11.3. The average Bonchev–Trinajstić information content (AvgIpc) is 2.84. The number of fused-ring (bicyclic) bond motifs is 1. The molecule has 0 radical (unpaired) electrons. The van der Waals surface area contributed by atoms with Gasteiger partial charge < -0.3 is 14.4 Å². The number of nitrogens with zero attached hydrogens (tertiary/aromatic N) is 1. The van der Waals surface area contributed by atoms with Crippen molar-refractivity contribution < 1.29 is 14.6 Å². The van der Waals surface area contributed by atoms with Crippen LogP contribution >= 0.6 is 27.7 Å². The molecule has 0 amide bonds. The highest BCUT2D eigenvalue weighted by molar-refractivity contribution is 9.11. The Hall–Kier alpha value is -1.92. The molecule has 6 heteroatoms. The number of hydrogen-bond donors (Lipinski definition) is 1. The van der Waals surface area contributed by atoms with Gasteiger partial charge in [-0.05, 0) is 57.0 Å². The Bertz CT molecular complexity index is 1130. The zero-order chi connectivity index (χ0) is 24.4. The highest BCUT2D eigenvalue weighted by Gasteiger charge is 2.34. The molecule has 0 spiro atoms. The Morgan fingerprint density at radius 3 is 2.58 bits per heavy atom. The van der Waals surface area contributed by atoms with E-state index in [0.29, 0.717) is 19.6 Å². The molecule has 1 N–H and O–H groups in total. The van der Waals surface area contributed by atoms with E-state index >= 15 is 0 Å². The number of ether oxygens (including phenoxy) is 1. The summed E-state index contributed by atoms with van der Waals surface area (Å²) in [5.41, 5.74) is 2.67. The summed E-state index contributed by atoms with van der Waals surface area (Å²) in [6.45, 7) is 13.3. The lowest BCUT2D eigenvalue weighted by Gasteiger charge is -2.26. The number of halogens is 1. The first-order chi connectivity index (χ1) is 15.4. The molecule has 0 bridgehead atoms. The lowest BCUT2D eigenvalue weighted by molar-refractivity contribution is -0.153. The first kappa shape index (κ1) is 25.7. The molecule has 178 valence electrons. The molecular formula is C27H34BrNO3S. The van der Waals surface area contributed by atoms with E-state index in [-0.39, 0.29) is 16.5 Å². The fourth-order valence-electron chi connectivity index (χ4n) is 3.90. The number of aromatic nitrogens is 1. The number of phenols is 1. The molecule has 0 atom stereocenters. The van der Waals surface area contributed by atoms with Crippen LogP contribution in [0.5, 0.6) is 5.75 Å². The minimum absolute atomic E-state index is 0.0380. The van der Waals surface area contributed by atoms with Crippen LogP contribution < -0.4 is 0 Å². The normalized spacial score (nSPS) is 14.8. The number of carbonyl (C=O) groups excluding carboxylic acids is 1. The number of benzene rings is 1. The number of aromatic hydroxyl groups is 1. The van der Waals surface area contributed by atoms with Crippen LogP contribution in [0.3, 0.4) is 0 Å². The number of hydrogen-bond acceptors (Lipinski definition) is 4. The maximum absolute atomic E-state index is 12.8. The summed E-state index contributed by atoms with van der Waals surface area (Å²) in [4.78, 5) is 13.9. The first-order valence-electron chi connectivity index (χ1n) is 11.3. The van der Waals surface area contributed by atoms with Crippen molar-refractivity contribution in [3.05, 3.63) is 58.3 Å². The van der Waals surface area contributed by atoms with Gasteiger partial charge in [0.05, 0.1) is 12.0 Å². The minimum Gasteiger partial charge on any atom is -0.508 e. The summed E-state index contributed by atoms with van der Waals surface area (Å²) in [6.07, 6.45) is 9.98.